The Morgan fingerprint density at radius 1 is 1.18 bits per heavy atom. The molecule has 0 heterocycles. The molecule has 0 aromatic heterocycles. The van der Waals surface area contributed by atoms with Gasteiger partial charge in [-0.05, 0) is 50.0 Å². The molecule has 3 nitrogen and oxygen atoms in total. The first-order valence-electron chi connectivity index (χ1n) is 6.13. The maximum Gasteiger partial charge on any atom is 0.160 e. The highest BCUT2D eigenvalue weighted by molar-refractivity contribution is 5.43. The summed E-state index contributed by atoms with van der Waals surface area (Å²) in [7, 11) is 5.33. The Kier molecular flexibility index (Phi) is 5.84. The van der Waals surface area contributed by atoms with Crippen molar-refractivity contribution in [3.05, 3.63) is 23.8 Å². The molecule has 1 rings (SSSR count). The number of nitrogens with one attached hydrogen (secondary N) is 1. The quantitative estimate of drug-likeness (QED) is 0.791. The van der Waals surface area contributed by atoms with Gasteiger partial charge in [0.15, 0.2) is 11.5 Å². The van der Waals surface area contributed by atoms with Crippen LogP contribution in [0.25, 0.3) is 0 Å². The Bertz CT molecular complexity index is 339. The van der Waals surface area contributed by atoms with Gasteiger partial charge < -0.3 is 14.8 Å². The molecule has 1 atom stereocenters. The van der Waals surface area contributed by atoms with Crippen LogP contribution in [0.1, 0.15) is 31.2 Å². The molecular formula is C14H23NO2. The minimum atomic E-state index is 0.572. The number of ether oxygens (including phenoxy) is 2. The van der Waals surface area contributed by atoms with Crippen molar-refractivity contribution < 1.29 is 9.47 Å². The third-order valence-corrected chi connectivity index (χ3v) is 3.11. The molecule has 0 saturated carbocycles. The summed E-state index contributed by atoms with van der Waals surface area (Å²) in [5.41, 5.74) is 1.32. The van der Waals surface area contributed by atoms with E-state index in [9.17, 15) is 0 Å². The van der Waals surface area contributed by atoms with Gasteiger partial charge >= 0.3 is 0 Å². The number of hydrogen-bond donors (Lipinski definition) is 1. The van der Waals surface area contributed by atoms with Crippen molar-refractivity contribution in [2.75, 3.05) is 27.8 Å². The highest BCUT2D eigenvalue weighted by Crippen LogP contribution is 2.32. The maximum absolute atomic E-state index is 5.34. The molecule has 0 radical (unpaired) electrons. The largest absolute Gasteiger partial charge is 0.493 e. The summed E-state index contributed by atoms with van der Waals surface area (Å²) in [4.78, 5) is 0. The van der Waals surface area contributed by atoms with E-state index in [1.54, 1.807) is 14.2 Å². The molecule has 3 heteroatoms. The molecule has 0 amide bonds. The topological polar surface area (TPSA) is 30.5 Å². The second kappa shape index (κ2) is 7.17. The molecule has 17 heavy (non-hydrogen) atoms. The summed E-state index contributed by atoms with van der Waals surface area (Å²) in [5.74, 6) is 2.18. The highest BCUT2D eigenvalue weighted by Gasteiger charge is 2.12. The molecule has 0 saturated heterocycles. The lowest BCUT2D eigenvalue weighted by Gasteiger charge is -2.17. The predicted molar refractivity (Wildman–Crippen MR) is 71.1 cm³/mol. The molecule has 0 spiro atoms. The lowest BCUT2D eigenvalue weighted by molar-refractivity contribution is 0.354. The number of benzene rings is 1. The van der Waals surface area contributed by atoms with E-state index in [2.05, 4.69) is 24.4 Å². The Balaban J connectivity index is 2.88. The standard InChI is InChI=1S/C14H23NO2/c1-5-11(8-9-15-2)12-6-7-13(16-3)14(10-12)17-4/h6-7,10-11,15H,5,8-9H2,1-4H3. The van der Waals surface area contributed by atoms with Crippen LogP contribution in [0.2, 0.25) is 0 Å². The predicted octanol–water partition coefficient (Wildman–Crippen LogP) is 2.81. The molecule has 1 N–H and O–H groups in total. The second-order valence-corrected chi connectivity index (χ2v) is 4.11. The molecule has 0 aliphatic rings. The second-order valence-electron chi connectivity index (χ2n) is 4.11. The van der Waals surface area contributed by atoms with Crippen LogP contribution >= 0.6 is 0 Å². The molecule has 0 fully saturated rings. The number of rotatable bonds is 7. The van der Waals surface area contributed by atoms with E-state index in [4.69, 9.17) is 9.47 Å². The lowest BCUT2D eigenvalue weighted by Crippen LogP contribution is -2.12. The van der Waals surface area contributed by atoms with Gasteiger partial charge in [0.25, 0.3) is 0 Å². The van der Waals surface area contributed by atoms with Crippen LogP contribution in [0.15, 0.2) is 18.2 Å². The van der Waals surface area contributed by atoms with Gasteiger partial charge in [-0.25, -0.2) is 0 Å². The van der Waals surface area contributed by atoms with E-state index in [0.717, 1.165) is 30.9 Å². The number of hydrogen-bond acceptors (Lipinski definition) is 3. The summed E-state index contributed by atoms with van der Waals surface area (Å²) in [6.07, 6.45) is 2.28. The zero-order valence-electron chi connectivity index (χ0n) is 11.2. The zero-order chi connectivity index (χ0) is 12.7. The van der Waals surface area contributed by atoms with Crippen LogP contribution in [-0.2, 0) is 0 Å². The molecule has 0 bridgehead atoms. The summed E-state index contributed by atoms with van der Waals surface area (Å²) in [6, 6.07) is 6.20. The Hall–Kier alpha value is -1.22. The van der Waals surface area contributed by atoms with E-state index < -0.39 is 0 Å². The maximum atomic E-state index is 5.34. The van der Waals surface area contributed by atoms with Gasteiger partial charge in [-0.15, -0.1) is 0 Å². The first-order chi connectivity index (χ1) is 8.26. The van der Waals surface area contributed by atoms with E-state index in [1.807, 2.05) is 13.1 Å². The average molecular weight is 237 g/mol. The fraction of sp³-hybridized carbons (Fsp3) is 0.571. The molecule has 1 aromatic rings. The van der Waals surface area contributed by atoms with Crippen LogP contribution < -0.4 is 14.8 Å². The van der Waals surface area contributed by atoms with Gasteiger partial charge in [0, 0.05) is 0 Å². The fourth-order valence-electron chi connectivity index (χ4n) is 2.03. The zero-order valence-corrected chi connectivity index (χ0v) is 11.2. The molecule has 1 aromatic carbocycles. The van der Waals surface area contributed by atoms with Crippen LogP contribution in [-0.4, -0.2) is 27.8 Å². The molecule has 96 valence electrons. The van der Waals surface area contributed by atoms with Crippen molar-refractivity contribution >= 4 is 0 Å². The van der Waals surface area contributed by atoms with Gasteiger partial charge in [0.2, 0.25) is 0 Å². The van der Waals surface area contributed by atoms with Gasteiger partial charge in [-0.2, -0.15) is 0 Å². The van der Waals surface area contributed by atoms with Gasteiger partial charge in [-0.1, -0.05) is 13.0 Å². The lowest BCUT2D eigenvalue weighted by atomic mass is 9.93. The number of methoxy groups -OCH3 is 2. The average Bonchev–Trinajstić information content (AvgIpc) is 2.39. The Labute approximate surface area is 104 Å². The Morgan fingerprint density at radius 3 is 2.41 bits per heavy atom. The van der Waals surface area contributed by atoms with Crippen molar-refractivity contribution in [2.24, 2.45) is 0 Å². The van der Waals surface area contributed by atoms with Gasteiger partial charge in [-0.3, -0.25) is 0 Å². The van der Waals surface area contributed by atoms with Crippen molar-refractivity contribution in [1.82, 2.24) is 5.32 Å². The Morgan fingerprint density at radius 2 is 1.88 bits per heavy atom. The molecular weight excluding hydrogens is 214 g/mol. The van der Waals surface area contributed by atoms with Crippen LogP contribution in [0.3, 0.4) is 0 Å². The van der Waals surface area contributed by atoms with Gasteiger partial charge in [0.05, 0.1) is 14.2 Å². The van der Waals surface area contributed by atoms with E-state index >= 15 is 0 Å². The van der Waals surface area contributed by atoms with Crippen LogP contribution in [0.4, 0.5) is 0 Å². The third-order valence-electron chi connectivity index (χ3n) is 3.11. The molecule has 0 aliphatic heterocycles. The van der Waals surface area contributed by atoms with E-state index in [1.165, 1.54) is 5.56 Å². The normalized spacial score (nSPS) is 12.2. The third kappa shape index (κ3) is 3.63. The smallest absolute Gasteiger partial charge is 0.160 e. The molecule has 0 aliphatic carbocycles. The summed E-state index contributed by atoms with van der Waals surface area (Å²) in [6.45, 7) is 3.25. The van der Waals surface area contributed by atoms with Gasteiger partial charge in [0.1, 0.15) is 0 Å². The minimum Gasteiger partial charge on any atom is -0.493 e. The summed E-state index contributed by atoms with van der Waals surface area (Å²) in [5, 5.41) is 3.20. The first-order valence-corrected chi connectivity index (χ1v) is 6.13. The van der Waals surface area contributed by atoms with Crippen molar-refractivity contribution in [3.8, 4) is 11.5 Å². The van der Waals surface area contributed by atoms with Crippen LogP contribution in [0.5, 0.6) is 11.5 Å². The highest BCUT2D eigenvalue weighted by atomic mass is 16.5. The van der Waals surface area contributed by atoms with Crippen molar-refractivity contribution in [1.29, 1.82) is 0 Å². The summed E-state index contributed by atoms with van der Waals surface area (Å²) < 4.78 is 10.6. The fourth-order valence-corrected chi connectivity index (χ4v) is 2.03. The van der Waals surface area contributed by atoms with E-state index in [-0.39, 0.29) is 0 Å². The van der Waals surface area contributed by atoms with E-state index in [0.29, 0.717) is 5.92 Å². The molecule has 1 unspecified atom stereocenters. The SMILES string of the molecule is CCC(CCNC)c1ccc(OC)c(OC)c1. The van der Waals surface area contributed by atoms with Crippen molar-refractivity contribution in [3.63, 3.8) is 0 Å². The monoisotopic (exact) mass is 237 g/mol. The summed E-state index contributed by atoms with van der Waals surface area (Å²) >= 11 is 0. The van der Waals surface area contributed by atoms with Crippen LogP contribution in [0, 0.1) is 0 Å². The van der Waals surface area contributed by atoms with Crippen molar-refractivity contribution in [2.45, 2.75) is 25.7 Å². The minimum absolute atomic E-state index is 0.572. The first kappa shape index (κ1) is 13.8.